The standard InChI is InChI=1S/C24H32FN5O.HI/c1-4-26-24(27-11-10-19-17-28-23-9-8-20(25)15-22(19)23)29-16-18-6-5-7-21(14-18)31-13-12-30(2)3;/h5-9,14-15,17,28H,4,10-13,16H2,1-3H3,(H2,26,27,29);1H. The van der Waals surface area contributed by atoms with Crippen LogP contribution in [0.25, 0.3) is 10.9 Å². The van der Waals surface area contributed by atoms with E-state index < -0.39 is 0 Å². The van der Waals surface area contributed by atoms with E-state index in [0.29, 0.717) is 19.7 Å². The number of aliphatic imine (C=N–C) groups is 1. The largest absolute Gasteiger partial charge is 0.492 e. The average molecular weight is 553 g/mol. The molecule has 0 saturated carbocycles. The maximum atomic E-state index is 13.6. The molecule has 6 nitrogen and oxygen atoms in total. The van der Waals surface area contributed by atoms with Crippen molar-refractivity contribution < 1.29 is 9.13 Å². The van der Waals surface area contributed by atoms with Crippen LogP contribution in [0.1, 0.15) is 18.1 Å². The molecule has 0 unspecified atom stereocenters. The maximum Gasteiger partial charge on any atom is 0.191 e. The van der Waals surface area contributed by atoms with Crippen LogP contribution in [0.15, 0.2) is 53.7 Å². The van der Waals surface area contributed by atoms with Gasteiger partial charge >= 0.3 is 0 Å². The van der Waals surface area contributed by atoms with Crippen LogP contribution in [0.4, 0.5) is 4.39 Å². The average Bonchev–Trinajstić information content (AvgIpc) is 3.14. The molecule has 0 amide bonds. The predicted octanol–water partition coefficient (Wildman–Crippen LogP) is 4.16. The molecule has 0 saturated heterocycles. The summed E-state index contributed by atoms with van der Waals surface area (Å²) in [5, 5.41) is 7.57. The lowest BCUT2D eigenvalue weighted by molar-refractivity contribution is 0.261. The lowest BCUT2D eigenvalue weighted by atomic mass is 10.1. The number of hydrogen-bond donors (Lipinski definition) is 3. The summed E-state index contributed by atoms with van der Waals surface area (Å²) < 4.78 is 19.4. The van der Waals surface area contributed by atoms with Gasteiger partial charge in [0.2, 0.25) is 0 Å². The van der Waals surface area contributed by atoms with E-state index in [1.165, 1.54) is 6.07 Å². The molecule has 2 aromatic carbocycles. The Labute approximate surface area is 206 Å². The first-order chi connectivity index (χ1) is 15.0. The molecule has 32 heavy (non-hydrogen) atoms. The molecule has 1 aromatic heterocycles. The molecule has 8 heteroatoms. The van der Waals surface area contributed by atoms with E-state index in [9.17, 15) is 4.39 Å². The van der Waals surface area contributed by atoms with Gasteiger partial charge < -0.3 is 25.3 Å². The number of hydrogen-bond acceptors (Lipinski definition) is 3. The second-order valence-electron chi connectivity index (χ2n) is 7.67. The quantitative estimate of drug-likeness (QED) is 0.201. The van der Waals surface area contributed by atoms with E-state index in [1.54, 1.807) is 12.1 Å². The predicted molar refractivity (Wildman–Crippen MR) is 141 cm³/mol. The highest BCUT2D eigenvalue weighted by Crippen LogP contribution is 2.19. The number of benzene rings is 2. The van der Waals surface area contributed by atoms with Crippen molar-refractivity contribution in [3.8, 4) is 5.75 Å². The van der Waals surface area contributed by atoms with Crippen molar-refractivity contribution in [1.82, 2.24) is 20.5 Å². The minimum atomic E-state index is -0.218. The lowest BCUT2D eigenvalue weighted by Crippen LogP contribution is -2.38. The number of aromatic nitrogens is 1. The fraction of sp³-hybridized carbons (Fsp3) is 0.375. The van der Waals surface area contributed by atoms with Gasteiger partial charge in [0, 0.05) is 36.7 Å². The number of rotatable bonds is 10. The SMILES string of the molecule is CCNC(=NCc1cccc(OCCN(C)C)c1)NCCc1c[nH]c2ccc(F)cc12.I. The Morgan fingerprint density at radius 2 is 2.00 bits per heavy atom. The number of H-pyrrole nitrogens is 1. The molecule has 0 spiro atoms. The molecule has 3 N–H and O–H groups in total. The highest BCUT2D eigenvalue weighted by Gasteiger charge is 2.06. The van der Waals surface area contributed by atoms with Crippen LogP contribution < -0.4 is 15.4 Å². The number of aromatic amines is 1. The summed E-state index contributed by atoms with van der Waals surface area (Å²) in [6.07, 6.45) is 2.71. The Kier molecular flexibility index (Phi) is 10.8. The van der Waals surface area contributed by atoms with Gasteiger partial charge in [0.25, 0.3) is 0 Å². The molecule has 174 valence electrons. The third kappa shape index (κ3) is 7.98. The molecular weight excluding hydrogens is 520 g/mol. The summed E-state index contributed by atoms with van der Waals surface area (Å²) in [4.78, 5) is 9.98. The van der Waals surface area contributed by atoms with Crippen molar-refractivity contribution in [2.45, 2.75) is 19.9 Å². The minimum absolute atomic E-state index is 0. The normalized spacial score (nSPS) is 11.5. The smallest absolute Gasteiger partial charge is 0.191 e. The summed E-state index contributed by atoms with van der Waals surface area (Å²) >= 11 is 0. The van der Waals surface area contributed by atoms with Crippen LogP contribution in [-0.2, 0) is 13.0 Å². The van der Waals surface area contributed by atoms with Crippen LogP contribution in [-0.4, -0.2) is 56.2 Å². The summed E-state index contributed by atoms with van der Waals surface area (Å²) in [5.74, 6) is 1.40. The fourth-order valence-corrected chi connectivity index (χ4v) is 3.26. The Hall–Kier alpha value is -2.33. The van der Waals surface area contributed by atoms with E-state index >= 15 is 0 Å². The molecular formula is C24H33FIN5O. The number of guanidine groups is 1. The van der Waals surface area contributed by atoms with E-state index in [0.717, 1.165) is 53.2 Å². The molecule has 0 bridgehead atoms. The monoisotopic (exact) mass is 553 g/mol. The highest BCUT2D eigenvalue weighted by molar-refractivity contribution is 14.0. The molecule has 0 fully saturated rings. The number of fused-ring (bicyclic) bond motifs is 1. The van der Waals surface area contributed by atoms with Gasteiger partial charge in [-0.2, -0.15) is 0 Å². The number of ether oxygens (including phenoxy) is 1. The molecule has 0 aliphatic carbocycles. The summed E-state index contributed by atoms with van der Waals surface area (Å²) in [7, 11) is 4.06. The number of likely N-dealkylation sites (N-methyl/N-ethyl adjacent to an activating group) is 1. The van der Waals surface area contributed by atoms with Crippen LogP contribution in [0.5, 0.6) is 5.75 Å². The van der Waals surface area contributed by atoms with Gasteiger partial charge in [-0.25, -0.2) is 9.38 Å². The molecule has 0 atom stereocenters. The van der Waals surface area contributed by atoms with Crippen molar-refractivity contribution in [3.63, 3.8) is 0 Å². The molecule has 0 aliphatic heterocycles. The van der Waals surface area contributed by atoms with Gasteiger partial charge in [-0.05, 0) is 68.9 Å². The summed E-state index contributed by atoms with van der Waals surface area (Å²) in [6, 6.07) is 12.9. The van der Waals surface area contributed by atoms with Gasteiger partial charge in [-0.1, -0.05) is 12.1 Å². The van der Waals surface area contributed by atoms with Gasteiger partial charge in [0.05, 0.1) is 6.54 Å². The van der Waals surface area contributed by atoms with Crippen molar-refractivity contribution in [2.75, 3.05) is 40.3 Å². The zero-order valence-electron chi connectivity index (χ0n) is 19.0. The van der Waals surface area contributed by atoms with E-state index in [1.807, 2.05) is 51.5 Å². The van der Waals surface area contributed by atoms with Gasteiger partial charge in [-0.15, -0.1) is 24.0 Å². The van der Waals surface area contributed by atoms with Crippen molar-refractivity contribution in [1.29, 1.82) is 0 Å². The second-order valence-corrected chi connectivity index (χ2v) is 7.67. The Balaban J connectivity index is 0.00000363. The first kappa shape index (κ1) is 25.9. The number of nitrogens with zero attached hydrogens (tertiary/aromatic N) is 2. The van der Waals surface area contributed by atoms with Crippen LogP contribution >= 0.6 is 24.0 Å². The Bertz CT molecular complexity index is 1000. The third-order valence-electron chi connectivity index (χ3n) is 4.89. The number of halogens is 2. The zero-order valence-corrected chi connectivity index (χ0v) is 21.3. The van der Waals surface area contributed by atoms with Crippen LogP contribution in [0.3, 0.4) is 0 Å². The van der Waals surface area contributed by atoms with Crippen molar-refractivity contribution >= 4 is 40.8 Å². The van der Waals surface area contributed by atoms with Crippen LogP contribution in [0, 0.1) is 5.82 Å². The zero-order chi connectivity index (χ0) is 22.1. The van der Waals surface area contributed by atoms with Gasteiger partial charge in [-0.3, -0.25) is 0 Å². The topological polar surface area (TPSA) is 64.7 Å². The molecule has 0 aliphatic rings. The Morgan fingerprint density at radius 3 is 2.78 bits per heavy atom. The van der Waals surface area contributed by atoms with Crippen LogP contribution in [0.2, 0.25) is 0 Å². The highest BCUT2D eigenvalue weighted by atomic mass is 127. The van der Waals surface area contributed by atoms with Gasteiger partial charge in [0.15, 0.2) is 5.96 Å². The lowest BCUT2D eigenvalue weighted by Gasteiger charge is -2.12. The third-order valence-corrected chi connectivity index (χ3v) is 4.89. The Morgan fingerprint density at radius 1 is 1.16 bits per heavy atom. The molecule has 3 aromatic rings. The first-order valence-corrected chi connectivity index (χ1v) is 10.7. The first-order valence-electron chi connectivity index (χ1n) is 10.7. The summed E-state index contributed by atoms with van der Waals surface area (Å²) in [6.45, 7) is 5.60. The van der Waals surface area contributed by atoms with Crippen molar-refractivity contribution in [2.24, 2.45) is 4.99 Å². The van der Waals surface area contributed by atoms with E-state index in [-0.39, 0.29) is 29.8 Å². The summed E-state index contributed by atoms with van der Waals surface area (Å²) in [5.41, 5.74) is 3.12. The second kappa shape index (κ2) is 13.3. The molecule has 1 heterocycles. The fourth-order valence-electron chi connectivity index (χ4n) is 3.26. The molecule has 0 radical (unpaired) electrons. The van der Waals surface area contributed by atoms with E-state index in [2.05, 4.69) is 20.5 Å². The van der Waals surface area contributed by atoms with E-state index in [4.69, 9.17) is 9.73 Å². The number of nitrogens with one attached hydrogen (secondary N) is 3. The van der Waals surface area contributed by atoms with Crippen molar-refractivity contribution in [3.05, 3.63) is 65.6 Å². The maximum absolute atomic E-state index is 13.6. The minimum Gasteiger partial charge on any atom is -0.492 e. The van der Waals surface area contributed by atoms with Gasteiger partial charge in [0.1, 0.15) is 18.2 Å². The molecule has 3 rings (SSSR count).